The molecule has 0 amide bonds. The third-order valence-corrected chi connectivity index (χ3v) is 2.32. The quantitative estimate of drug-likeness (QED) is 0.414. The van der Waals surface area contributed by atoms with Crippen LogP contribution >= 0.6 is 12.2 Å². The topological polar surface area (TPSA) is 82.0 Å². The van der Waals surface area contributed by atoms with Gasteiger partial charge in [0.25, 0.3) is 0 Å². The first-order chi connectivity index (χ1) is 6.43. The van der Waals surface area contributed by atoms with Crippen molar-refractivity contribution in [2.75, 3.05) is 0 Å². The van der Waals surface area contributed by atoms with E-state index in [2.05, 4.69) is 5.32 Å². The largest absolute Gasteiger partial charge is 0.388 e. The van der Waals surface area contributed by atoms with Crippen LogP contribution in [-0.2, 0) is 4.74 Å². The third kappa shape index (κ3) is 2.40. The second-order valence-electron chi connectivity index (χ2n) is 3.43. The van der Waals surface area contributed by atoms with E-state index in [0.29, 0.717) is 4.99 Å². The summed E-state index contributed by atoms with van der Waals surface area (Å²) in [6, 6.07) is 0. The van der Waals surface area contributed by atoms with Gasteiger partial charge in [0.15, 0.2) is 6.23 Å². The highest BCUT2D eigenvalue weighted by Gasteiger charge is 2.41. The molecule has 4 unspecified atom stereocenters. The van der Waals surface area contributed by atoms with Crippen molar-refractivity contribution in [3.63, 3.8) is 0 Å². The van der Waals surface area contributed by atoms with Gasteiger partial charge in [-0.3, -0.25) is 0 Å². The van der Waals surface area contributed by atoms with Crippen molar-refractivity contribution in [3.05, 3.63) is 0 Å². The summed E-state index contributed by atoms with van der Waals surface area (Å²) in [4.78, 5) is 0.463. The zero-order valence-electron chi connectivity index (χ0n) is 8.04. The van der Waals surface area contributed by atoms with Gasteiger partial charge in [-0.25, -0.2) is 0 Å². The minimum atomic E-state index is -1.22. The molecule has 0 aliphatic carbocycles. The summed E-state index contributed by atoms with van der Waals surface area (Å²) in [5.41, 5.74) is 0. The monoisotopic (exact) mass is 221 g/mol. The van der Waals surface area contributed by atoms with Crippen LogP contribution in [0.1, 0.15) is 13.8 Å². The van der Waals surface area contributed by atoms with Gasteiger partial charge in [-0.05, 0) is 13.8 Å². The van der Waals surface area contributed by atoms with Crippen LogP contribution in [-0.4, -0.2) is 51.0 Å². The van der Waals surface area contributed by atoms with Gasteiger partial charge in [0.05, 0.1) is 11.1 Å². The lowest BCUT2D eigenvalue weighted by atomic mass is 9.99. The fourth-order valence-electron chi connectivity index (χ4n) is 1.37. The molecule has 1 heterocycles. The van der Waals surface area contributed by atoms with E-state index in [-0.39, 0.29) is 0 Å². The summed E-state index contributed by atoms with van der Waals surface area (Å²) in [6.07, 6.45) is -4.78. The van der Waals surface area contributed by atoms with Crippen LogP contribution in [0.25, 0.3) is 0 Å². The molecule has 0 bridgehead atoms. The number of aliphatic hydroxyl groups is 3. The molecule has 4 N–H and O–H groups in total. The smallest absolute Gasteiger partial charge is 0.157 e. The van der Waals surface area contributed by atoms with E-state index in [9.17, 15) is 15.3 Å². The van der Waals surface area contributed by atoms with Crippen molar-refractivity contribution >= 4 is 17.2 Å². The average molecular weight is 221 g/mol. The fraction of sp³-hybridized carbons (Fsp3) is 0.875. The second-order valence-corrected chi connectivity index (χ2v) is 4.05. The summed E-state index contributed by atoms with van der Waals surface area (Å²) >= 11 is 4.79. The molecule has 0 aromatic rings. The molecule has 14 heavy (non-hydrogen) atoms. The molecule has 0 radical (unpaired) electrons. The standard InChI is InChI=1S/C8H15NO4S/c1-3-5(10)6(11)7(12)8(13-3)9-4(2)14/h3,5-8,10-12H,1-2H3,(H,9,14)/t3-,5?,6?,7?,8?/m1/s1. The minimum absolute atomic E-state index is 0.463. The van der Waals surface area contributed by atoms with Gasteiger partial charge < -0.3 is 25.4 Å². The van der Waals surface area contributed by atoms with E-state index in [1.807, 2.05) is 0 Å². The lowest BCUT2D eigenvalue weighted by molar-refractivity contribution is -0.220. The summed E-state index contributed by atoms with van der Waals surface area (Å²) in [7, 11) is 0. The Balaban J connectivity index is 2.65. The molecule has 5 atom stereocenters. The molecular weight excluding hydrogens is 206 g/mol. The fourth-order valence-corrected chi connectivity index (χ4v) is 1.49. The number of ether oxygens (including phenoxy) is 1. The Bertz CT molecular complexity index is 225. The highest BCUT2D eigenvalue weighted by Crippen LogP contribution is 2.19. The first kappa shape index (κ1) is 11.8. The van der Waals surface area contributed by atoms with Gasteiger partial charge in [-0.1, -0.05) is 12.2 Å². The van der Waals surface area contributed by atoms with Crippen LogP contribution in [0.15, 0.2) is 0 Å². The molecule has 82 valence electrons. The molecule has 1 aliphatic heterocycles. The predicted octanol–water partition coefficient (Wildman–Crippen LogP) is -1.25. The van der Waals surface area contributed by atoms with E-state index in [1.165, 1.54) is 0 Å². The van der Waals surface area contributed by atoms with Crippen molar-refractivity contribution in [2.45, 2.75) is 44.5 Å². The second kappa shape index (κ2) is 4.50. The number of hydrogen-bond donors (Lipinski definition) is 4. The third-order valence-electron chi connectivity index (χ3n) is 2.20. The normalized spacial score (nSPS) is 43.4. The molecular formula is C8H15NO4S. The maximum absolute atomic E-state index is 9.52. The van der Waals surface area contributed by atoms with E-state index in [0.717, 1.165) is 0 Å². The highest BCUT2D eigenvalue weighted by atomic mass is 32.1. The molecule has 0 aromatic carbocycles. The van der Waals surface area contributed by atoms with E-state index < -0.39 is 30.6 Å². The summed E-state index contributed by atoms with van der Waals surface area (Å²) in [5, 5.41) is 31.0. The number of rotatable bonds is 1. The van der Waals surface area contributed by atoms with Crippen molar-refractivity contribution in [1.29, 1.82) is 0 Å². The highest BCUT2D eigenvalue weighted by molar-refractivity contribution is 7.80. The molecule has 0 spiro atoms. The van der Waals surface area contributed by atoms with Gasteiger partial charge in [0, 0.05) is 0 Å². The Hall–Kier alpha value is -0.270. The van der Waals surface area contributed by atoms with Crippen molar-refractivity contribution in [2.24, 2.45) is 0 Å². The Morgan fingerprint density at radius 1 is 1.21 bits per heavy atom. The molecule has 1 fully saturated rings. The van der Waals surface area contributed by atoms with E-state index >= 15 is 0 Å². The van der Waals surface area contributed by atoms with Crippen molar-refractivity contribution < 1.29 is 20.1 Å². The van der Waals surface area contributed by atoms with Crippen LogP contribution in [0.4, 0.5) is 0 Å². The Morgan fingerprint density at radius 3 is 2.29 bits per heavy atom. The number of hydrogen-bond acceptors (Lipinski definition) is 5. The van der Waals surface area contributed by atoms with Crippen LogP contribution in [0.3, 0.4) is 0 Å². The van der Waals surface area contributed by atoms with Gasteiger partial charge in [0.1, 0.15) is 18.3 Å². The van der Waals surface area contributed by atoms with Gasteiger partial charge in [-0.2, -0.15) is 0 Å². The van der Waals surface area contributed by atoms with Gasteiger partial charge >= 0.3 is 0 Å². The average Bonchev–Trinajstić information content (AvgIpc) is 2.10. The number of aliphatic hydroxyl groups excluding tert-OH is 3. The van der Waals surface area contributed by atoms with Crippen molar-refractivity contribution in [3.8, 4) is 0 Å². The Labute approximate surface area is 87.7 Å². The lowest BCUT2D eigenvalue weighted by Crippen LogP contribution is -2.61. The molecule has 1 saturated heterocycles. The SMILES string of the molecule is CC(=S)NC1O[C@H](C)C(O)C(O)C1O. The first-order valence-corrected chi connectivity index (χ1v) is 4.81. The number of nitrogens with one attached hydrogen (secondary N) is 1. The van der Waals surface area contributed by atoms with Gasteiger partial charge in [0.2, 0.25) is 0 Å². The summed E-state index contributed by atoms with van der Waals surface area (Å²) in [5.74, 6) is 0. The zero-order chi connectivity index (χ0) is 10.9. The Kier molecular flexibility index (Phi) is 3.79. The molecule has 0 aromatic heterocycles. The molecule has 0 saturated carbocycles. The number of thiocarbonyl (C=S) groups is 1. The lowest BCUT2D eigenvalue weighted by Gasteiger charge is -2.39. The summed E-state index contributed by atoms with van der Waals surface area (Å²) < 4.78 is 5.23. The summed E-state index contributed by atoms with van der Waals surface area (Å²) in [6.45, 7) is 3.26. The van der Waals surface area contributed by atoms with Gasteiger partial charge in [-0.15, -0.1) is 0 Å². The minimum Gasteiger partial charge on any atom is -0.388 e. The molecule has 5 nitrogen and oxygen atoms in total. The van der Waals surface area contributed by atoms with Crippen LogP contribution in [0.5, 0.6) is 0 Å². The van der Waals surface area contributed by atoms with Crippen LogP contribution < -0.4 is 5.32 Å². The zero-order valence-corrected chi connectivity index (χ0v) is 8.86. The van der Waals surface area contributed by atoms with E-state index in [1.54, 1.807) is 13.8 Å². The molecule has 6 heteroatoms. The first-order valence-electron chi connectivity index (χ1n) is 4.40. The maximum Gasteiger partial charge on any atom is 0.157 e. The van der Waals surface area contributed by atoms with Crippen LogP contribution in [0, 0.1) is 0 Å². The predicted molar refractivity (Wildman–Crippen MR) is 53.8 cm³/mol. The molecule has 1 aliphatic rings. The van der Waals surface area contributed by atoms with Crippen molar-refractivity contribution in [1.82, 2.24) is 5.32 Å². The van der Waals surface area contributed by atoms with Crippen LogP contribution in [0.2, 0.25) is 0 Å². The van der Waals surface area contributed by atoms with E-state index in [4.69, 9.17) is 17.0 Å². The maximum atomic E-state index is 9.52. The molecule has 1 rings (SSSR count). The Morgan fingerprint density at radius 2 is 1.79 bits per heavy atom.